The summed E-state index contributed by atoms with van der Waals surface area (Å²) in [5, 5.41) is 3.07. The Morgan fingerprint density at radius 3 is 2.11 bits per heavy atom. The van der Waals surface area contributed by atoms with Crippen molar-refractivity contribution in [1.82, 2.24) is 5.32 Å². The Bertz CT molecular complexity index is 69.0. The van der Waals surface area contributed by atoms with Crippen molar-refractivity contribution >= 4 is 9.29 Å². The topological polar surface area (TPSA) is 72.2 Å². The molecule has 0 aliphatic heterocycles. The highest BCUT2D eigenvalue weighted by Crippen LogP contribution is 1.48. The van der Waals surface area contributed by atoms with Crippen LogP contribution in [0.4, 0.5) is 0 Å². The van der Waals surface area contributed by atoms with Crippen molar-refractivity contribution in [3.8, 4) is 0 Å². The number of nitrogens with one attached hydrogen (secondary N) is 1. The van der Waals surface area contributed by atoms with E-state index in [0.717, 1.165) is 19.6 Å². The zero-order valence-corrected chi connectivity index (χ0v) is 6.52. The Morgan fingerprint density at radius 1 is 1.56 bits per heavy atom. The Hall–Kier alpha value is -0.263. The lowest BCUT2D eigenvalue weighted by atomic mass is 10.6. The van der Waals surface area contributed by atoms with E-state index >= 15 is 0 Å². The van der Waals surface area contributed by atoms with Gasteiger partial charge < -0.3 is 11.1 Å². The van der Waals surface area contributed by atoms with Crippen LogP contribution in [0, 0.1) is 0 Å². The van der Waals surface area contributed by atoms with Crippen molar-refractivity contribution < 1.29 is 8.92 Å². The molecule has 0 radical (unpaired) electrons. The highest BCUT2D eigenvalue weighted by atomic mass is 28.2. The molecule has 0 fully saturated rings. The van der Waals surface area contributed by atoms with Crippen LogP contribution >= 0.6 is 0 Å². The molecular weight excluding hydrogens is 136 g/mol. The highest BCUT2D eigenvalue weighted by Gasteiger charge is 1.71. The molecule has 54 valence electrons. The SMILES string of the molecule is CCNCCN.O=[Si]=O. The van der Waals surface area contributed by atoms with E-state index in [0.29, 0.717) is 0 Å². The third kappa shape index (κ3) is 34.0. The van der Waals surface area contributed by atoms with Crippen LogP contribution < -0.4 is 11.1 Å². The molecule has 0 heterocycles. The van der Waals surface area contributed by atoms with E-state index in [1.165, 1.54) is 0 Å². The third-order valence-corrected chi connectivity index (χ3v) is 0.571. The molecule has 0 atom stereocenters. The monoisotopic (exact) mass is 148 g/mol. The first-order valence-electron chi connectivity index (χ1n) is 2.73. The molecule has 0 spiro atoms. The molecule has 5 heteroatoms. The molecule has 0 aliphatic carbocycles. The Labute approximate surface area is 56.8 Å². The van der Waals surface area contributed by atoms with Gasteiger partial charge in [0.15, 0.2) is 0 Å². The third-order valence-electron chi connectivity index (χ3n) is 0.571. The summed E-state index contributed by atoms with van der Waals surface area (Å²) in [5.41, 5.74) is 5.15. The number of hydrogen-bond acceptors (Lipinski definition) is 4. The predicted molar refractivity (Wildman–Crippen MR) is 34.7 cm³/mol. The van der Waals surface area contributed by atoms with Crippen molar-refractivity contribution in [2.24, 2.45) is 5.73 Å². The minimum Gasteiger partial charge on any atom is -0.329 e. The van der Waals surface area contributed by atoms with Crippen LogP contribution in [-0.4, -0.2) is 28.9 Å². The molecule has 9 heavy (non-hydrogen) atoms. The smallest absolute Gasteiger partial charge is 0.329 e. The maximum Gasteiger partial charge on any atom is 0.549 e. The van der Waals surface area contributed by atoms with E-state index < -0.39 is 9.29 Å². The largest absolute Gasteiger partial charge is 0.549 e. The van der Waals surface area contributed by atoms with E-state index in [2.05, 4.69) is 12.2 Å². The second kappa shape index (κ2) is 15.6. The van der Waals surface area contributed by atoms with Crippen LogP contribution in [0.25, 0.3) is 0 Å². The maximum absolute atomic E-state index is 8.40. The minimum atomic E-state index is -1.42. The second-order valence-electron chi connectivity index (χ2n) is 1.23. The van der Waals surface area contributed by atoms with E-state index in [4.69, 9.17) is 14.7 Å². The maximum atomic E-state index is 8.40. The van der Waals surface area contributed by atoms with Gasteiger partial charge in [0.2, 0.25) is 0 Å². The Kier molecular flexibility index (Phi) is 20.0. The molecule has 0 aromatic heterocycles. The summed E-state index contributed by atoms with van der Waals surface area (Å²) in [6, 6.07) is 0. The summed E-state index contributed by atoms with van der Waals surface area (Å²) in [5.74, 6) is 0. The van der Waals surface area contributed by atoms with Gasteiger partial charge in [-0.05, 0) is 6.54 Å². The lowest BCUT2D eigenvalue weighted by Gasteiger charge is -1.92. The van der Waals surface area contributed by atoms with Gasteiger partial charge in [-0.3, -0.25) is 8.92 Å². The first-order chi connectivity index (χ1) is 4.33. The summed E-state index contributed by atoms with van der Waals surface area (Å²) in [6.07, 6.45) is 0. The number of hydrogen-bond donors (Lipinski definition) is 2. The molecule has 0 aromatic carbocycles. The summed E-state index contributed by atoms with van der Waals surface area (Å²) in [4.78, 5) is 0. The van der Waals surface area contributed by atoms with Gasteiger partial charge in [-0.25, -0.2) is 0 Å². The molecule has 0 amide bonds. The van der Waals surface area contributed by atoms with E-state index in [1.807, 2.05) is 0 Å². The first kappa shape index (κ1) is 11.5. The minimum absolute atomic E-state index is 0.744. The first-order valence-corrected chi connectivity index (χ1v) is 3.55. The van der Waals surface area contributed by atoms with Gasteiger partial charge in [0.05, 0.1) is 0 Å². The molecular formula is C4H12N2O2Si. The van der Waals surface area contributed by atoms with Crippen molar-refractivity contribution in [2.45, 2.75) is 6.92 Å². The van der Waals surface area contributed by atoms with Gasteiger partial charge in [-0.1, -0.05) is 6.92 Å². The van der Waals surface area contributed by atoms with Gasteiger partial charge >= 0.3 is 9.29 Å². The van der Waals surface area contributed by atoms with E-state index in [1.54, 1.807) is 0 Å². The fourth-order valence-electron chi connectivity index (χ4n) is 0.279. The zero-order chi connectivity index (χ0) is 7.54. The van der Waals surface area contributed by atoms with E-state index in [9.17, 15) is 0 Å². The Morgan fingerprint density at radius 2 is 2.00 bits per heavy atom. The summed E-state index contributed by atoms with van der Waals surface area (Å²) >= 11 is 0. The second-order valence-corrected chi connectivity index (χ2v) is 1.39. The van der Waals surface area contributed by atoms with Crippen LogP contribution in [0.5, 0.6) is 0 Å². The standard InChI is InChI=1S/C4H12N2.O2Si/c1-2-6-4-3-5;1-3-2/h6H,2-5H2,1H3;. The molecule has 0 saturated heterocycles. The van der Waals surface area contributed by atoms with Gasteiger partial charge in [0, 0.05) is 13.1 Å². The summed E-state index contributed by atoms with van der Waals surface area (Å²) < 4.78 is 16.8. The molecule has 0 aromatic rings. The van der Waals surface area contributed by atoms with E-state index in [-0.39, 0.29) is 0 Å². The van der Waals surface area contributed by atoms with Crippen LogP contribution in [-0.2, 0) is 8.92 Å². The molecule has 0 saturated carbocycles. The normalized spacial score (nSPS) is 6.89. The Balaban J connectivity index is 0. The van der Waals surface area contributed by atoms with Crippen molar-refractivity contribution in [1.29, 1.82) is 0 Å². The molecule has 4 nitrogen and oxygen atoms in total. The van der Waals surface area contributed by atoms with Gasteiger partial charge in [-0.2, -0.15) is 0 Å². The number of likely N-dealkylation sites (N-methyl/N-ethyl adjacent to an activating group) is 1. The quantitative estimate of drug-likeness (QED) is 0.395. The fraction of sp³-hybridized carbons (Fsp3) is 1.00. The number of nitrogens with two attached hydrogens (primary N) is 1. The summed E-state index contributed by atoms with van der Waals surface area (Å²) in [7, 11) is -1.42. The molecule has 0 aliphatic rings. The van der Waals surface area contributed by atoms with Crippen LogP contribution in [0.2, 0.25) is 0 Å². The lowest BCUT2D eigenvalue weighted by Crippen LogP contribution is -2.21. The molecule has 0 unspecified atom stereocenters. The summed E-state index contributed by atoms with van der Waals surface area (Å²) in [6.45, 7) is 4.77. The van der Waals surface area contributed by atoms with Crippen molar-refractivity contribution in [2.75, 3.05) is 19.6 Å². The van der Waals surface area contributed by atoms with Gasteiger partial charge in [0.1, 0.15) is 0 Å². The van der Waals surface area contributed by atoms with Gasteiger partial charge in [-0.15, -0.1) is 0 Å². The van der Waals surface area contributed by atoms with Crippen LogP contribution in [0.15, 0.2) is 0 Å². The van der Waals surface area contributed by atoms with Crippen LogP contribution in [0.1, 0.15) is 6.92 Å². The number of rotatable bonds is 3. The van der Waals surface area contributed by atoms with Crippen molar-refractivity contribution in [3.05, 3.63) is 0 Å². The lowest BCUT2D eigenvalue weighted by molar-refractivity contribution is 0.497. The molecule has 3 N–H and O–H groups in total. The fourth-order valence-corrected chi connectivity index (χ4v) is 0.279. The highest BCUT2D eigenvalue weighted by molar-refractivity contribution is 5.94. The van der Waals surface area contributed by atoms with Crippen LogP contribution in [0.3, 0.4) is 0 Å². The van der Waals surface area contributed by atoms with Crippen molar-refractivity contribution in [3.63, 3.8) is 0 Å². The van der Waals surface area contributed by atoms with Gasteiger partial charge in [0.25, 0.3) is 0 Å². The average Bonchev–Trinajstić information content (AvgIpc) is 1.86. The molecule has 0 rings (SSSR count). The molecule has 0 bridgehead atoms. The predicted octanol–water partition coefficient (Wildman–Crippen LogP) is -1.06. The average molecular weight is 148 g/mol. The zero-order valence-electron chi connectivity index (χ0n) is 5.52.